The van der Waals surface area contributed by atoms with Gasteiger partial charge in [0.05, 0.1) is 26.0 Å². The van der Waals surface area contributed by atoms with Gasteiger partial charge in [-0.3, -0.25) is 0 Å². The number of para-hydroxylation sites is 1. The summed E-state index contributed by atoms with van der Waals surface area (Å²) >= 11 is 0. The maximum atomic E-state index is 5.87. The zero-order valence-electron chi connectivity index (χ0n) is 19.1. The van der Waals surface area contributed by atoms with Crippen LogP contribution in [0.15, 0.2) is 47.9 Å². The van der Waals surface area contributed by atoms with Gasteiger partial charge in [-0.2, -0.15) is 9.97 Å². The van der Waals surface area contributed by atoms with Gasteiger partial charge in [0, 0.05) is 54.1 Å². The molecule has 170 valence electrons. The van der Waals surface area contributed by atoms with Crippen molar-refractivity contribution in [3.05, 3.63) is 59.8 Å². The minimum absolute atomic E-state index is 0.154. The lowest BCUT2D eigenvalue weighted by atomic mass is 9.84. The molecule has 0 saturated heterocycles. The third-order valence-corrected chi connectivity index (χ3v) is 6.23. The molecule has 0 fully saturated rings. The van der Waals surface area contributed by atoms with E-state index < -0.39 is 0 Å². The van der Waals surface area contributed by atoms with Crippen LogP contribution in [0.2, 0.25) is 0 Å². The number of fused-ring (bicyclic) bond motifs is 3. The Kier molecular flexibility index (Phi) is 5.45. The summed E-state index contributed by atoms with van der Waals surface area (Å²) in [5, 5.41) is 5.84. The van der Waals surface area contributed by atoms with Crippen molar-refractivity contribution >= 4 is 16.6 Å². The van der Waals surface area contributed by atoms with Gasteiger partial charge in [-0.25, -0.2) is 4.98 Å². The number of hydrogen-bond donors (Lipinski definition) is 0. The van der Waals surface area contributed by atoms with Gasteiger partial charge in [-0.15, -0.1) is 0 Å². The predicted octanol–water partition coefficient (Wildman–Crippen LogP) is 3.54. The fourth-order valence-electron chi connectivity index (χ4n) is 4.53. The van der Waals surface area contributed by atoms with E-state index in [1.165, 1.54) is 30.8 Å². The lowest BCUT2D eigenvalue weighted by molar-refractivity contribution is 0.297. The van der Waals surface area contributed by atoms with Gasteiger partial charge in [0.2, 0.25) is 5.88 Å². The van der Waals surface area contributed by atoms with Crippen LogP contribution in [0.4, 0.5) is 0 Å². The van der Waals surface area contributed by atoms with Gasteiger partial charge >= 0.3 is 6.01 Å². The Bertz CT molecular complexity index is 1320. The van der Waals surface area contributed by atoms with Crippen LogP contribution >= 0.6 is 0 Å². The first-order valence-electron chi connectivity index (χ1n) is 10.9. The highest BCUT2D eigenvalue weighted by Gasteiger charge is 2.31. The molecule has 0 radical (unpaired) electrons. The van der Waals surface area contributed by atoms with E-state index >= 15 is 0 Å². The molecule has 1 aromatic carbocycles. The number of hydrogen-bond acceptors (Lipinski definition) is 7. The number of benzene rings is 1. The van der Waals surface area contributed by atoms with E-state index in [1.807, 2.05) is 19.3 Å². The first kappa shape index (κ1) is 21.0. The summed E-state index contributed by atoms with van der Waals surface area (Å²) in [6, 6.07) is 10.2. The van der Waals surface area contributed by atoms with Crippen molar-refractivity contribution in [2.45, 2.75) is 26.3 Å². The number of aromatic nitrogens is 5. The summed E-state index contributed by atoms with van der Waals surface area (Å²) in [6.45, 7) is 2.78. The SMILES string of the molecule is COc1cc(ON=C2c3c(n(C)c4ccccc34)CCC2Cn2ccnc2C)nc(OC)n1. The summed E-state index contributed by atoms with van der Waals surface area (Å²) in [5.74, 6) is 1.74. The first-order valence-corrected chi connectivity index (χ1v) is 10.9. The van der Waals surface area contributed by atoms with Gasteiger partial charge in [0.25, 0.3) is 5.88 Å². The molecule has 0 saturated carbocycles. The number of imidazole rings is 1. The Morgan fingerprint density at radius 1 is 1.12 bits per heavy atom. The van der Waals surface area contributed by atoms with E-state index in [4.69, 9.17) is 14.3 Å². The molecule has 0 amide bonds. The summed E-state index contributed by atoms with van der Waals surface area (Å²) < 4.78 is 14.8. The molecule has 5 rings (SSSR count). The molecule has 4 aromatic rings. The van der Waals surface area contributed by atoms with E-state index in [2.05, 4.69) is 60.6 Å². The molecule has 9 heteroatoms. The van der Waals surface area contributed by atoms with Crippen LogP contribution < -0.4 is 14.3 Å². The van der Waals surface area contributed by atoms with Crippen molar-refractivity contribution < 1.29 is 14.3 Å². The highest BCUT2D eigenvalue weighted by Crippen LogP contribution is 2.35. The molecule has 1 unspecified atom stereocenters. The second kappa shape index (κ2) is 8.57. The number of ether oxygens (including phenoxy) is 2. The smallest absolute Gasteiger partial charge is 0.322 e. The van der Waals surface area contributed by atoms with Crippen molar-refractivity contribution in [2.75, 3.05) is 14.2 Å². The quantitative estimate of drug-likeness (QED) is 0.421. The zero-order valence-corrected chi connectivity index (χ0v) is 19.1. The molecule has 1 atom stereocenters. The maximum absolute atomic E-state index is 5.87. The van der Waals surface area contributed by atoms with Crippen LogP contribution in [0.25, 0.3) is 10.9 Å². The van der Waals surface area contributed by atoms with E-state index in [-0.39, 0.29) is 17.8 Å². The molecule has 0 bridgehead atoms. The minimum atomic E-state index is 0.154. The topological polar surface area (TPSA) is 88.6 Å². The van der Waals surface area contributed by atoms with E-state index in [0.29, 0.717) is 5.88 Å². The van der Waals surface area contributed by atoms with Crippen LogP contribution in [0.3, 0.4) is 0 Å². The number of methoxy groups -OCH3 is 2. The second-order valence-corrected chi connectivity index (χ2v) is 8.06. The van der Waals surface area contributed by atoms with Gasteiger partial charge in [0.15, 0.2) is 0 Å². The molecular formula is C24H26N6O3. The predicted molar refractivity (Wildman–Crippen MR) is 124 cm³/mol. The largest absolute Gasteiger partial charge is 0.481 e. The first-order chi connectivity index (χ1) is 16.1. The third kappa shape index (κ3) is 3.79. The van der Waals surface area contributed by atoms with Gasteiger partial charge in [-0.1, -0.05) is 23.4 Å². The number of nitrogens with zero attached hydrogens (tertiary/aromatic N) is 6. The van der Waals surface area contributed by atoms with Crippen LogP contribution in [0.1, 0.15) is 23.5 Å². The average Bonchev–Trinajstić information content (AvgIpc) is 3.38. The molecule has 3 aromatic heterocycles. The molecule has 3 heterocycles. The molecule has 0 spiro atoms. The molecule has 9 nitrogen and oxygen atoms in total. The van der Waals surface area contributed by atoms with Crippen LogP contribution in [0.5, 0.6) is 17.8 Å². The average molecular weight is 447 g/mol. The number of aryl methyl sites for hydroxylation is 2. The molecular weight excluding hydrogens is 420 g/mol. The molecule has 33 heavy (non-hydrogen) atoms. The molecule has 0 N–H and O–H groups in total. The maximum Gasteiger partial charge on any atom is 0.322 e. The Balaban J connectivity index is 1.60. The third-order valence-electron chi connectivity index (χ3n) is 6.23. The summed E-state index contributed by atoms with van der Waals surface area (Å²) in [5.41, 5.74) is 4.47. The minimum Gasteiger partial charge on any atom is -0.481 e. The van der Waals surface area contributed by atoms with Crippen LogP contribution in [-0.2, 0) is 20.0 Å². The summed E-state index contributed by atoms with van der Waals surface area (Å²) in [7, 11) is 5.14. The summed E-state index contributed by atoms with van der Waals surface area (Å²) in [6.07, 6.45) is 5.75. The van der Waals surface area contributed by atoms with Crippen molar-refractivity contribution in [1.29, 1.82) is 0 Å². The fraction of sp³-hybridized carbons (Fsp3) is 0.333. The lowest BCUT2D eigenvalue weighted by Crippen LogP contribution is -2.28. The van der Waals surface area contributed by atoms with Crippen molar-refractivity contribution in [2.24, 2.45) is 18.1 Å². The molecule has 1 aliphatic rings. The van der Waals surface area contributed by atoms with Crippen LogP contribution in [-0.4, -0.2) is 44.0 Å². The van der Waals surface area contributed by atoms with Gasteiger partial charge < -0.3 is 23.4 Å². The molecule has 0 aliphatic heterocycles. The van der Waals surface area contributed by atoms with E-state index in [9.17, 15) is 0 Å². The lowest BCUT2D eigenvalue weighted by Gasteiger charge is -2.26. The second-order valence-electron chi connectivity index (χ2n) is 8.06. The Hall–Kier alpha value is -3.88. The zero-order chi connectivity index (χ0) is 22.9. The molecule has 1 aliphatic carbocycles. The van der Waals surface area contributed by atoms with Crippen LogP contribution in [0, 0.1) is 12.8 Å². The number of oxime groups is 1. The number of rotatable bonds is 6. The summed E-state index contributed by atoms with van der Waals surface area (Å²) in [4.78, 5) is 18.6. The highest BCUT2D eigenvalue weighted by molar-refractivity contribution is 6.13. The normalized spacial score (nSPS) is 16.7. The van der Waals surface area contributed by atoms with E-state index in [1.54, 1.807) is 6.07 Å². The fourth-order valence-corrected chi connectivity index (χ4v) is 4.53. The van der Waals surface area contributed by atoms with E-state index in [0.717, 1.165) is 36.5 Å². The van der Waals surface area contributed by atoms with Gasteiger partial charge in [0.1, 0.15) is 5.82 Å². The Morgan fingerprint density at radius 3 is 2.70 bits per heavy atom. The van der Waals surface area contributed by atoms with Crippen molar-refractivity contribution in [3.8, 4) is 17.8 Å². The Labute approximate surface area is 191 Å². The monoisotopic (exact) mass is 446 g/mol. The standard InChI is InChI=1S/C24H26N6O3/c1-15-25-11-12-30(15)14-16-9-10-19-22(17-7-5-6-8-18(17)29(19)2)23(16)28-33-21-13-20(31-3)26-24(27-21)32-4/h5-8,11-13,16H,9-10,14H2,1-4H3. The van der Waals surface area contributed by atoms with Crippen molar-refractivity contribution in [1.82, 2.24) is 24.1 Å². The highest BCUT2D eigenvalue weighted by atomic mass is 16.6. The van der Waals surface area contributed by atoms with Crippen molar-refractivity contribution in [3.63, 3.8) is 0 Å². The van der Waals surface area contributed by atoms with Gasteiger partial charge in [-0.05, 0) is 25.8 Å². The Morgan fingerprint density at radius 2 is 1.94 bits per heavy atom.